The van der Waals surface area contributed by atoms with Crippen LogP contribution in [-0.4, -0.2) is 43.0 Å². The minimum absolute atomic E-state index is 0.0617. The highest BCUT2D eigenvalue weighted by Crippen LogP contribution is 2.36. The van der Waals surface area contributed by atoms with Crippen LogP contribution in [0.3, 0.4) is 0 Å². The summed E-state index contributed by atoms with van der Waals surface area (Å²) >= 11 is 0. The van der Waals surface area contributed by atoms with Crippen molar-refractivity contribution in [3.05, 3.63) is 70.7 Å². The molecule has 1 atom stereocenters. The lowest BCUT2D eigenvalue weighted by Gasteiger charge is -2.24. The van der Waals surface area contributed by atoms with Crippen LogP contribution in [0.15, 0.2) is 36.5 Å². The first-order valence-electron chi connectivity index (χ1n) is 11.2. The summed E-state index contributed by atoms with van der Waals surface area (Å²) in [6.07, 6.45) is 3.64. The summed E-state index contributed by atoms with van der Waals surface area (Å²) < 4.78 is 15.0. The molecular weight excluding hydrogens is 423 g/mol. The predicted octanol–water partition coefficient (Wildman–Crippen LogP) is 3.21. The molecule has 2 aromatic heterocycles. The van der Waals surface area contributed by atoms with Gasteiger partial charge in [-0.05, 0) is 50.5 Å². The van der Waals surface area contributed by atoms with E-state index in [0.29, 0.717) is 37.0 Å². The van der Waals surface area contributed by atoms with Gasteiger partial charge in [0, 0.05) is 30.5 Å². The van der Waals surface area contributed by atoms with Gasteiger partial charge in [0.25, 0.3) is 5.91 Å². The van der Waals surface area contributed by atoms with E-state index in [9.17, 15) is 14.0 Å². The SMILES string of the molecule is CCn1ccc(C(=O)N2CCCC2c2nc(C)c3c(n2)N(Cc2ccc(F)cc2)C(=O)C3)n1. The molecule has 1 aromatic carbocycles. The zero-order valence-corrected chi connectivity index (χ0v) is 18.7. The van der Waals surface area contributed by atoms with Gasteiger partial charge in [0.15, 0.2) is 5.82 Å². The maximum absolute atomic E-state index is 13.3. The standard InChI is InChI=1S/C24H25FN6O2/c1-3-29-12-10-19(28-29)24(33)30-11-4-5-20(30)22-26-15(2)18-13-21(32)31(23(18)27-22)14-16-6-8-17(25)9-7-16/h6-10,12,20H,3-5,11,13-14H2,1-2H3. The number of rotatable bonds is 5. The molecule has 0 spiro atoms. The van der Waals surface area contributed by atoms with Crippen LogP contribution in [-0.2, 0) is 24.3 Å². The highest BCUT2D eigenvalue weighted by Gasteiger charge is 2.37. The summed E-state index contributed by atoms with van der Waals surface area (Å²) in [5.74, 6) is 0.619. The van der Waals surface area contributed by atoms with Gasteiger partial charge in [-0.3, -0.25) is 19.2 Å². The number of halogens is 1. The maximum Gasteiger partial charge on any atom is 0.274 e. The van der Waals surface area contributed by atoms with Crippen molar-refractivity contribution in [3.63, 3.8) is 0 Å². The summed E-state index contributed by atoms with van der Waals surface area (Å²) in [5.41, 5.74) is 2.79. The number of carbonyl (C=O) groups excluding carboxylic acids is 2. The van der Waals surface area contributed by atoms with Crippen LogP contribution < -0.4 is 4.90 Å². The van der Waals surface area contributed by atoms with Crippen molar-refractivity contribution in [2.75, 3.05) is 11.4 Å². The fourth-order valence-electron chi connectivity index (χ4n) is 4.56. The largest absolute Gasteiger partial charge is 0.327 e. The quantitative estimate of drug-likeness (QED) is 0.599. The molecule has 0 saturated carbocycles. The normalized spacial score (nSPS) is 17.7. The Morgan fingerprint density at radius 3 is 2.70 bits per heavy atom. The number of hydrogen-bond acceptors (Lipinski definition) is 5. The van der Waals surface area contributed by atoms with E-state index in [1.54, 1.807) is 38.9 Å². The highest BCUT2D eigenvalue weighted by atomic mass is 19.1. The number of amides is 2. The lowest BCUT2D eigenvalue weighted by molar-refractivity contribution is -0.117. The molecule has 5 rings (SSSR count). The fraction of sp³-hybridized carbons (Fsp3) is 0.375. The first kappa shape index (κ1) is 21.2. The van der Waals surface area contributed by atoms with E-state index in [4.69, 9.17) is 9.97 Å². The molecule has 170 valence electrons. The molecule has 1 saturated heterocycles. The fourth-order valence-corrected chi connectivity index (χ4v) is 4.56. The van der Waals surface area contributed by atoms with E-state index in [-0.39, 0.29) is 30.1 Å². The Balaban J connectivity index is 1.45. The lowest BCUT2D eigenvalue weighted by atomic mass is 10.1. The van der Waals surface area contributed by atoms with Crippen LogP contribution in [0.4, 0.5) is 10.2 Å². The van der Waals surface area contributed by atoms with Gasteiger partial charge in [-0.1, -0.05) is 12.1 Å². The van der Waals surface area contributed by atoms with Crippen molar-refractivity contribution in [2.24, 2.45) is 0 Å². The Labute approximate surface area is 191 Å². The summed E-state index contributed by atoms with van der Waals surface area (Å²) in [6, 6.07) is 7.57. The van der Waals surface area contributed by atoms with Crippen molar-refractivity contribution < 1.29 is 14.0 Å². The van der Waals surface area contributed by atoms with E-state index < -0.39 is 0 Å². The Kier molecular flexibility index (Phi) is 5.39. The van der Waals surface area contributed by atoms with E-state index >= 15 is 0 Å². The van der Waals surface area contributed by atoms with Crippen LogP contribution in [0.25, 0.3) is 0 Å². The third-order valence-corrected chi connectivity index (χ3v) is 6.34. The average molecular weight is 449 g/mol. The van der Waals surface area contributed by atoms with Gasteiger partial charge in [0.2, 0.25) is 5.91 Å². The molecule has 2 aliphatic rings. The third kappa shape index (κ3) is 3.88. The maximum atomic E-state index is 13.3. The molecule has 4 heterocycles. The predicted molar refractivity (Wildman–Crippen MR) is 119 cm³/mol. The van der Waals surface area contributed by atoms with E-state index in [2.05, 4.69) is 5.10 Å². The Bertz CT molecular complexity index is 1220. The van der Waals surface area contributed by atoms with E-state index in [1.807, 2.05) is 13.8 Å². The average Bonchev–Trinajstić information content (AvgIpc) is 3.55. The second kappa shape index (κ2) is 8.38. The zero-order chi connectivity index (χ0) is 23.1. The number of aromatic nitrogens is 4. The van der Waals surface area contributed by atoms with Crippen LogP contribution in [0, 0.1) is 12.7 Å². The van der Waals surface area contributed by atoms with Crippen molar-refractivity contribution in [1.82, 2.24) is 24.6 Å². The summed E-state index contributed by atoms with van der Waals surface area (Å²) in [5, 5.41) is 4.36. The molecule has 1 unspecified atom stereocenters. The number of carbonyl (C=O) groups is 2. The number of aryl methyl sites for hydroxylation is 2. The van der Waals surface area contributed by atoms with Crippen molar-refractivity contribution >= 4 is 17.6 Å². The molecule has 0 aliphatic carbocycles. The Morgan fingerprint density at radius 2 is 1.97 bits per heavy atom. The molecule has 0 radical (unpaired) electrons. The minimum atomic E-state index is -0.317. The van der Waals surface area contributed by atoms with Crippen molar-refractivity contribution in [3.8, 4) is 0 Å². The molecule has 3 aromatic rings. The van der Waals surface area contributed by atoms with Gasteiger partial charge in [-0.15, -0.1) is 0 Å². The molecular formula is C24H25FN6O2. The van der Waals surface area contributed by atoms with Crippen LogP contribution in [0.1, 0.15) is 58.9 Å². The van der Waals surface area contributed by atoms with Gasteiger partial charge < -0.3 is 4.90 Å². The third-order valence-electron chi connectivity index (χ3n) is 6.34. The van der Waals surface area contributed by atoms with E-state index in [0.717, 1.165) is 29.7 Å². The molecule has 2 aliphatic heterocycles. The number of fused-ring (bicyclic) bond motifs is 1. The first-order valence-corrected chi connectivity index (χ1v) is 11.2. The van der Waals surface area contributed by atoms with Gasteiger partial charge in [0.05, 0.1) is 19.0 Å². The summed E-state index contributed by atoms with van der Waals surface area (Å²) in [7, 11) is 0. The van der Waals surface area contributed by atoms with Crippen LogP contribution >= 0.6 is 0 Å². The molecule has 8 nitrogen and oxygen atoms in total. The number of anilines is 1. The Hall–Kier alpha value is -3.62. The van der Waals surface area contributed by atoms with Gasteiger partial charge in [0.1, 0.15) is 17.3 Å². The van der Waals surface area contributed by atoms with Gasteiger partial charge in [-0.2, -0.15) is 5.10 Å². The van der Waals surface area contributed by atoms with Gasteiger partial charge >= 0.3 is 0 Å². The number of hydrogen-bond donors (Lipinski definition) is 0. The summed E-state index contributed by atoms with van der Waals surface area (Å²) in [4.78, 5) is 38.9. The lowest BCUT2D eigenvalue weighted by Crippen LogP contribution is -2.32. The molecule has 9 heteroatoms. The second-order valence-corrected chi connectivity index (χ2v) is 8.47. The minimum Gasteiger partial charge on any atom is -0.327 e. The van der Waals surface area contributed by atoms with Crippen LogP contribution in [0.5, 0.6) is 0 Å². The molecule has 2 amide bonds. The molecule has 1 fully saturated rings. The number of likely N-dealkylation sites (tertiary alicyclic amines) is 1. The van der Waals surface area contributed by atoms with Crippen LogP contribution in [0.2, 0.25) is 0 Å². The topological polar surface area (TPSA) is 84.2 Å². The summed E-state index contributed by atoms with van der Waals surface area (Å²) in [6.45, 7) is 5.47. The second-order valence-electron chi connectivity index (χ2n) is 8.47. The first-order chi connectivity index (χ1) is 15.9. The monoisotopic (exact) mass is 448 g/mol. The zero-order valence-electron chi connectivity index (χ0n) is 18.7. The smallest absolute Gasteiger partial charge is 0.274 e. The number of benzene rings is 1. The van der Waals surface area contributed by atoms with Crippen molar-refractivity contribution in [2.45, 2.75) is 52.2 Å². The van der Waals surface area contributed by atoms with Crippen molar-refractivity contribution in [1.29, 1.82) is 0 Å². The molecule has 33 heavy (non-hydrogen) atoms. The molecule has 0 bridgehead atoms. The van der Waals surface area contributed by atoms with E-state index in [1.165, 1.54) is 12.1 Å². The number of nitrogens with zero attached hydrogens (tertiary/aromatic N) is 6. The Morgan fingerprint density at radius 1 is 1.18 bits per heavy atom. The molecule has 0 N–H and O–H groups in total. The van der Waals surface area contributed by atoms with Gasteiger partial charge in [-0.25, -0.2) is 14.4 Å². The highest BCUT2D eigenvalue weighted by molar-refractivity contribution is 6.00.